The van der Waals surface area contributed by atoms with Crippen LogP contribution in [-0.4, -0.2) is 28.1 Å². The van der Waals surface area contributed by atoms with Crippen molar-refractivity contribution in [1.82, 2.24) is 9.78 Å². The van der Waals surface area contributed by atoms with Crippen LogP contribution in [0.15, 0.2) is 42.7 Å². The van der Waals surface area contributed by atoms with Crippen molar-refractivity contribution in [2.75, 3.05) is 6.61 Å². The second-order valence-corrected chi connectivity index (χ2v) is 5.75. The molecule has 0 N–H and O–H groups in total. The van der Waals surface area contributed by atoms with E-state index in [0.29, 0.717) is 5.56 Å². The Labute approximate surface area is 123 Å². The third-order valence-electron chi connectivity index (χ3n) is 3.04. The summed E-state index contributed by atoms with van der Waals surface area (Å²) in [5.74, 6) is -0.608. The van der Waals surface area contributed by atoms with Gasteiger partial charge in [0.1, 0.15) is 0 Å². The highest BCUT2D eigenvalue weighted by molar-refractivity contribution is 5.92. The van der Waals surface area contributed by atoms with Gasteiger partial charge in [-0.2, -0.15) is 5.10 Å². The molecule has 5 heteroatoms. The largest absolute Gasteiger partial charge is 0.454 e. The molecule has 0 aliphatic carbocycles. The molecule has 0 radical (unpaired) electrons. The topological polar surface area (TPSA) is 61.2 Å². The molecule has 0 aliphatic rings. The molecule has 110 valence electrons. The zero-order valence-electron chi connectivity index (χ0n) is 12.4. The number of carbonyl (C=O) groups is 2. The van der Waals surface area contributed by atoms with E-state index in [-0.39, 0.29) is 12.4 Å². The van der Waals surface area contributed by atoms with Gasteiger partial charge in [0.05, 0.1) is 11.3 Å². The van der Waals surface area contributed by atoms with Crippen molar-refractivity contribution < 1.29 is 14.3 Å². The number of aromatic nitrogens is 2. The maximum Gasteiger partial charge on any atom is 0.338 e. The summed E-state index contributed by atoms with van der Waals surface area (Å²) in [6, 6.07) is 8.67. The number of hydrogen-bond donors (Lipinski definition) is 0. The van der Waals surface area contributed by atoms with Crippen molar-refractivity contribution in [3.63, 3.8) is 0 Å². The number of nitrogens with zero attached hydrogens (tertiary/aromatic N) is 2. The van der Waals surface area contributed by atoms with Crippen LogP contribution in [0.2, 0.25) is 0 Å². The first-order chi connectivity index (χ1) is 9.88. The van der Waals surface area contributed by atoms with Gasteiger partial charge in [0.25, 0.3) is 0 Å². The fourth-order valence-corrected chi connectivity index (χ4v) is 1.60. The Bertz CT molecular complexity index is 623. The summed E-state index contributed by atoms with van der Waals surface area (Å²) in [5, 5.41) is 4.10. The van der Waals surface area contributed by atoms with Crippen molar-refractivity contribution in [3.05, 3.63) is 48.3 Å². The first-order valence-corrected chi connectivity index (χ1v) is 6.68. The van der Waals surface area contributed by atoms with Crippen molar-refractivity contribution in [2.24, 2.45) is 5.41 Å². The SMILES string of the molecule is CC(C)(C)C(=O)COC(=O)c1ccc(-n2cccn2)cc1. The third kappa shape index (κ3) is 3.78. The molecule has 0 amide bonds. The van der Waals surface area contributed by atoms with E-state index >= 15 is 0 Å². The molecule has 5 nitrogen and oxygen atoms in total. The summed E-state index contributed by atoms with van der Waals surface area (Å²) in [6.07, 6.45) is 3.50. The Balaban J connectivity index is 1.99. The van der Waals surface area contributed by atoms with Crippen LogP contribution in [0, 0.1) is 5.41 Å². The Morgan fingerprint density at radius 3 is 2.38 bits per heavy atom. The molecule has 1 heterocycles. The van der Waals surface area contributed by atoms with Crippen LogP contribution in [0.5, 0.6) is 0 Å². The van der Waals surface area contributed by atoms with Gasteiger partial charge in [0.15, 0.2) is 12.4 Å². The van der Waals surface area contributed by atoms with E-state index in [1.807, 2.05) is 12.3 Å². The summed E-state index contributed by atoms with van der Waals surface area (Å²) < 4.78 is 6.73. The number of rotatable bonds is 4. The lowest BCUT2D eigenvalue weighted by Crippen LogP contribution is -2.26. The number of carbonyl (C=O) groups excluding carboxylic acids is 2. The molecule has 0 saturated heterocycles. The Kier molecular flexibility index (Phi) is 4.21. The van der Waals surface area contributed by atoms with Gasteiger partial charge in [-0.05, 0) is 30.3 Å². The average molecular weight is 286 g/mol. The van der Waals surface area contributed by atoms with Crippen LogP contribution in [0.1, 0.15) is 31.1 Å². The van der Waals surface area contributed by atoms with Gasteiger partial charge < -0.3 is 4.74 Å². The van der Waals surface area contributed by atoms with E-state index in [1.165, 1.54) is 0 Å². The molecule has 0 aliphatic heterocycles. The molecule has 2 aromatic rings. The first kappa shape index (κ1) is 15.0. The summed E-state index contributed by atoms with van der Waals surface area (Å²) >= 11 is 0. The lowest BCUT2D eigenvalue weighted by Gasteiger charge is -2.16. The van der Waals surface area contributed by atoms with Crippen LogP contribution in [0.4, 0.5) is 0 Å². The van der Waals surface area contributed by atoms with Crippen molar-refractivity contribution in [2.45, 2.75) is 20.8 Å². The second-order valence-electron chi connectivity index (χ2n) is 5.75. The van der Waals surface area contributed by atoms with Gasteiger partial charge in [0.2, 0.25) is 0 Å². The standard InChI is InChI=1S/C16H18N2O3/c1-16(2,3)14(19)11-21-15(20)12-5-7-13(8-6-12)18-10-4-9-17-18/h4-10H,11H2,1-3H3. The van der Waals surface area contributed by atoms with Crippen molar-refractivity contribution in [3.8, 4) is 5.69 Å². The van der Waals surface area contributed by atoms with Crippen LogP contribution >= 0.6 is 0 Å². The molecule has 2 rings (SSSR count). The van der Waals surface area contributed by atoms with Crippen molar-refractivity contribution in [1.29, 1.82) is 0 Å². The predicted molar refractivity (Wildman–Crippen MR) is 78.3 cm³/mol. The number of ketones is 1. The van der Waals surface area contributed by atoms with Gasteiger partial charge in [-0.15, -0.1) is 0 Å². The second kappa shape index (κ2) is 5.91. The lowest BCUT2D eigenvalue weighted by molar-refractivity contribution is -0.129. The van der Waals surface area contributed by atoms with E-state index in [9.17, 15) is 9.59 Å². The lowest BCUT2D eigenvalue weighted by atomic mass is 9.91. The fraction of sp³-hybridized carbons (Fsp3) is 0.312. The quantitative estimate of drug-likeness (QED) is 0.811. The van der Waals surface area contributed by atoms with Gasteiger partial charge >= 0.3 is 5.97 Å². The average Bonchev–Trinajstić information content (AvgIpc) is 2.97. The van der Waals surface area contributed by atoms with E-state index in [2.05, 4.69) is 5.10 Å². The summed E-state index contributed by atoms with van der Waals surface area (Å²) in [6.45, 7) is 5.18. The summed E-state index contributed by atoms with van der Waals surface area (Å²) in [4.78, 5) is 23.6. The number of hydrogen-bond acceptors (Lipinski definition) is 4. The highest BCUT2D eigenvalue weighted by Crippen LogP contribution is 2.15. The summed E-state index contributed by atoms with van der Waals surface area (Å²) in [5.41, 5.74) is 0.750. The van der Waals surface area contributed by atoms with Gasteiger partial charge in [0, 0.05) is 17.8 Å². The van der Waals surface area contributed by atoms with Gasteiger partial charge in [-0.1, -0.05) is 20.8 Å². The monoisotopic (exact) mass is 286 g/mol. The Hall–Kier alpha value is -2.43. The molecular formula is C16H18N2O3. The summed E-state index contributed by atoms with van der Waals surface area (Å²) in [7, 11) is 0. The number of Topliss-reactive ketones (excluding diaryl/α,β-unsaturated/α-hetero) is 1. The molecular weight excluding hydrogens is 268 g/mol. The molecule has 1 aromatic heterocycles. The molecule has 0 atom stereocenters. The van der Waals surface area contributed by atoms with E-state index in [0.717, 1.165) is 5.69 Å². The molecule has 0 unspecified atom stereocenters. The zero-order valence-corrected chi connectivity index (χ0v) is 12.4. The van der Waals surface area contributed by atoms with Crippen LogP contribution in [0.25, 0.3) is 5.69 Å². The fourth-order valence-electron chi connectivity index (χ4n) is 1.60. The highest BCUT2D eigenvalue weighted by Gasteiger charge is 2.22. The molecule has 0 fully saturated rings. The maximum atomic E-state index is 11.9. The number of benzene rings is 1. The van der Waals surface area contributed by atoms with E-state index in [4.69, 9.17) is 4.74 Å². The van der Waals surface area contributed by atoms with Gasteiger partial charge in [-0.3, -0.25) is 4.79 Å². The van der Waals surface area contributed by atoms with Gasteiger partial charge in [-0.25, -0.2) is 9.48 Å². The van der Waals surface area contributed by atoms with E-state index < -0.39 is 11.4 Å². The minimum absolute atomic E-state index is 0.107. The normalized spacial score (nSPS) is 11.2. The Morgan fingerprint density at radius 1 is 1.19 bits per heavy atom. The van der Waals surface area contributed by atoms with Crippen molar-refractivity contribution >= 4 is 11.8 Å². The molecule has 21 heavy (non-hydrogen) atoms. The smallest absolute Gasteiger partial charge is 0.338 e. The third-order valence-corrected chi connectivity index (χ3v) is 3.04. The number of esters is 1. The Morgan fingerprint density at radius 2 is 1.86 bits per heavy atom. The van der Waals surface area contributed by atoms with Crippen LogP contribution < -0.4 is 0 Å². The highest BCUT2D eigenvalue weighted by atomic mass is 16.5. The molecule has 0 bridgehead atoms. The first-order valence-electron chi connectivity index (χ1n) is 6.68. The molecule has 1 aromatic carbocycles. The predicted octanol–water partition coefficient (Wildman–Crippen LogP) is 2.64. The van der Waals surface area contributed by atoms with Crippen LogP contribution in [0.3, 0.4) is 0 Å². The minimum atomic E-state index is -0.510. The molecule has 0 spiro atoms. The van der Waals surface area contributed by atoms with Crippen LogP contribution in [-0.2, 0) is 9.53 Å². The minimum Gasteiger partial charge on any atom is -0.454 e. The molecule has 0 saturated carbocycles. The zero-order chi connectivity index (χ0) is 15.5. The maximum absolute atomic E-state index is 11.9. The van der Waals surface area contributed by atoms with E-state index in [1.54, 1.807) is 55.9 Å². The number of ether oxygens (including phenoxy) is 1.